The minimum Gasteiger partial charge on any atom is -0.507 e. The van der Waals surface area contributed by atoms with Crippen molar-refractivity contribution in [1.29, 1.82) is 0 Å². The van der Waals surface area contributed by atoms with Gasteiger partial charge in [0.25, 0.3) is 17.6 Å². The molecular formula is C23H28ClN3O5S. The molecule has 0 radical (unpaired) electrons. The third kappa shape index (κ3) is 4.02. The van der Waals surface area contributed by atoms with Gasteiger partial charge in [-0.1, -0.05) is 38.3 Å². The second-order valence-electron chi connectivity index (χ2n) is 8.01. The molecule has 1 spiro atoms. The van der Waals surface area contributed by atoms with Crippen LogP contribution in [0.3, 0.4) is 0 Å². The van der Waals surface area contributed by atoms with Crippen molar-refractivity contribution in [3.05, 3.63) is 40.4 Å². The highest BCUT2D eigenvalue weighted by atomic mass is 35.5. The van der Waals surface area contributed by atoms with Gasteiger partial charge in [-0.25, -0.2) is 0 Å². The first kappa shape index (κ1) is 25.1. The van der Waals surface area contributed by atoms with Crippen LogP contribution in [0.5, 0.6) is 0 Å². The summed E-state index contributed by atoms with van der Waals surface area (Å²) in [4.78, 5) is 44.4. The van der Waals surface area contributed by atoms with Crippen molar-refractivity contribution in [2.75, 3.05) is 26.2 Å². The molecule has 0 saturated carbocycles. The Kier molecular flexibility index (Phi) is 7.76. The summed E-state index contributed by atoms with van der Waals surface area (Å²) in [5.74, 6) is -3.01. The van der Waals surface area contributed by atoms with E-state index in [1.165, 1.54) is 29.2 Å². The van der Waals surface area contributed by atoms with E-state index >= 15 is 0 Å². The molecule has 3 rings (SSSR count). The maximum absolute atomic E-state index is 14.0. The maximum Gasteiger partial charge on any atom is 0.297 e. The fourth-order valence-electron chi connectivity index (χ4n) is 4.32. The number of benzene rings is 1. The number of aliphatic hydroxyl groups is 2. The van der Waals surface area contributed by atoms with Gasteiger partial charge in [-0.15, -0.1) is 0 Å². The normalized spacial score (nSPS) is 22.4. The minimum absolute atomic E-state index is 0.203. The summed E-state index contributed by atoms with van der Waals surface area (Å²) in [5.41, 5.74) is -2.05. The average Bonchev–Trinajstić information content (AvgIpc) is 3.14. The predicted octanol–water partition coefficient (Wildman–Crippen LogP) is 2.74. The predicted molar refractivity (Wildman–Crippen MR) is 128 cm³/mol. The molecule has 1 atom stereocenters. The lowest BCUT2D eigenvalue weighted by Gasteiger charge is -2.39. The van der Waals surface area contributed by atoms with Crippen LogP contribution in [-0.2, 0) is 14.4 Å². The van der Waals surface area contributed by atoms with Crippen molar-refractivity contribution < 1.29 is 24.6 Å². The second kappa shape index (κ2) is 10.2. The standard InChI is InChI=1S/C23H28ClN3O5S/c1-3-5-11-25-21(32)23(27(22(25)33)12-6-4-2)17(19(30)20(31)26(23)13-14-28)18(29)15-7-9-16(24)10-8-15/h7-10,28-29H,3-6,11-14H2,1-2H3/b18-17-. The summed E-state index contributed by atoms with van der Waals surface area (Å²) in [5, 5.41) is 21.6. The molecule has 2 aliphatic rings. The number of hydrogen-bond donors (Lipinski definition) is 2. The number of carbonyl (C=O) groups excluding carboxylic acids is 3. The molecule has 33 heavy (non-hydrogen) atoms. The van der Waals surface area contributed by atoms with E-state index in [-0.39, 0.29) is 22.8 Å². The highest BCUT2D eigenvalue weighted by molar-refractivity contribution is 7.80. The number of aliphatic hydroxyl groups excluding tert-OH is 2. The maximum atomic E-state index is 14.0. The van der Waals surface area contributed by atoms with Gasteiger partial charge in [0.15, 0.2) is 5.11 Å². The van der Waals surface area contributed by atoms with Crippen LogP contribution in [0.4, 0.5) is 0 Å². The van der Waals surface area contributed by atoms with Crippen molar-refractivity contribution in [2.45, 2.75) is 45.2 Å². The van der Waals surface area contributed by atoms with Gasteiger partial charge in [-0.2, -0.15) is 0 Å². The number of nitrogens with zero attached hydrogens (tertiary/aromatic N) is 3. The third-order valence-corrected chi connectivity index (χ3v) is 6.64. The van der Waals surface area contributed by atoms with E-state index in [2.05, 4.69) is 0 Å². The minimum atomic E-state index is -1.94. The van der Waals surface area contributed by atoms with Crippen molar-refractivity contribution >= 4 is 52.3 Å². The number of amides is 2. The average molecular weight is 494 g/mol. The van der Waals surface area contributed by atoms with Crippen LogP contribution in [0.15, 0.2) is 29.8 Å². The topological polar surface area (TPSA) is 101 Å². The molecule has 2 amide bonds. The Morgan fingerprint density at radius 2 is 1.61 bits per heavy atom. The fraction of sp³-hybridized carbons (Fsp3) is 0.478. The Hall–Kier alpha value is -2.49. The van der Waals surface area contributed by atoms with E-state index in [4.69, 9.17) is 23.8 Å². The van der Waals surface area contributed by atoms with Crippen molar-refractivity contribution in [3.63, 3.8) is 0 Å². The summed E-state index contributed by atoms with van der Waals surface area (Å²) in [6.45, 7) is 3.84. The lowest BCUT2D eigenvalue weighted by atomic mass is 9.93. The van der Waals surface area contributed by atoms with Crippen LogP contribution in [-0.4, -0.2) is 79.5 Å². The van der Waals surface area contributed by atoms with E-state index in [1.807, 2.05) is 13.8 Å². The van der Waals surface area contributed by atoms with Gasteiger partial charge in [-0.05, 0) is 49.3 Å². The van der Waals surface area contributed by atoms with Gasteiger partial charge in [0.2, 0.25) is 5.66 Å². The molecular weight excluding hydrogens is 466 g/mol. The van der Waals surface area contributed by atoms with E-state index in [0.717, 1.165) is 17.7 Å². The van der Waals surface area contributed by atoms with Crippen LogP contribution >= 0.6 is 23.8 Å². The number of thiocarbonyl (C=S) groups is 1. The Bertz CT molecular complexity index is 996. The summed E-state index contributed by atoms with van der Waals surface area (Å²) in [7, 11) is 0. The van der Waals surface area contributed by atoms with E-state index < -0.39 is 35.6 Å². The fourth-order valence-corrected chi connectivity index (χ4v) is 4.85. The molecule has 8 nitrogen and oxygen atoms in total. The molecule has 10 heteroatoms. The molecule has 2 fully saturated rings. The monoisotopic (exact) mass is 493 g/mol. The number of Topliss-reactive ketones (excluding diaryl/α,β-unsaturated/α-hetero) is 1. The van der Waals surface area contributed by atoms with Crippen LogP contribution in [0.2, 0.25) is 5.02 Å². The van der Waals surface area contributed by atoms with Gasteiger partial charge in [0.1, 0.15) is 11.3 Å². The molecule has 2 heterocycles. The lowest BCUT2D eigenvalue weighted by Crippen LogP contribution is -2.61. The highest BCUT2D eigenvalue weighted by Gasteiger charge is 2.69. The highest BCUT2D eigenvalue weighted by Crippen LogP contribution is 2.45. The van der Waals surface area contributed by atoms with Crippen molar-refractivity contribution in [2.24, 2.45) is 0 Å². The zero-order valence-corrected chi connectivity index (χ0v) is 20.3. The summed E-state index contributed by atoms with van der Waals surface area (Å²) in [6, 6.07) is 6.09. The van der Waals surface area contributed by atoms with Crippen LogP contribution < -0.4 is 0 Å². The first-order valence-corrected chi connectivity index (χ1v) is 11.9. The second-order valence-corrected chi connectivity index (χ2v) is 8.81. The molecule has 0 bridgehead atoms. The molecule has 2 saturated heterocycles. The summed E-state index contributed by atoms with van der Waals surface area (Å²) in [6.07, 6.45) is 2.91. The van der Waals surface area contributed by atoms with Crippen LogP contribution in [0.1, 0.15) is 45.1 Å². The van der Waals surface area contributed by atoms with Crippen LogP contribution in [0.25, 0.3) is 5.76 Å². The van der Waals surface area contributed by atoms with Crippen molar-refractivity contribution in [1.82, 2.24) is 14.7 Å². The largest absolute Gasteiger partial charge is 0.507 e. The Morgan fingerprint density at radius 3 is 2.18 bits per heavy atom. The first-order valence-electron chi connectivity index (χ1n) is 11.1. The molecule has 178 valence electrons. The molecule has 0 aliphatic carbocycles. The zero-order valence-electron chi connectivity index (χ0n) is 18.7. The van der Waals surface area contributed by atoms with E-state index in [9.17, 15) is 24.6 Å². The Balaban J connectivity index is 2.31. The summed E-state index contributed by atoms with van der Waals surface area (Å²) >= 11 is 11.6. The Morgan fingerprint density at radius 1 is 1.00 bits per heavy atom. The molecule has 2 N–H and O–H groups in total. The molecule has 1 aromatic rings. The quantitative estimate of drug-likeness (QED) is 0.236. The van der Waals surface area contributed by atoms with E-state index in [0.29, 0.717) is 31.0 Å². The van der Waals surface area contributed by atoms with Gasteiger partial charge in [0, 0.05) is 30.2 Å². The number of β-amino-alcohol motifs (C(OH)–C–C–N with tert-alkyl or cyclic N) is 1. The summed E-state index contributed by atoms with van der Waals surface area (Å²) < 4.78 is 0. The smallest absolute Gasteiger partial charge is 0.297 e. The van der Waals surface area contributed by atoms with Crippen LogP contribution in [0, 0.1) is 0 Å². The molecule has 1 unspecified atom stereocenters. The number of likely N-dealkylation sites (tertiary alicyclic amines) is 1. The number of rotatable bonds is 9. The number of unbranched alkanes of at least 4 members (excludes halogenated alkanes) is 2. The SMILES string of the molecule is CCCCN1C(=O)C2(/C(=C(\O)c3ccc(Cl)cc3)C(=O)C(=O)N2CCO)N(CCCC)C1=S. The molecule has 0 aromatic heterocycles. The number of carbonyl (C=O) groups is 3. The third-order valence-electron chi connectivity index (χ3n) is 5.95. The first-order chi connectivity index (χ1) is 15.8. The van der Waals surface area contributed by atoms with Gasteiger partial charge in [-0.3, -0.25) is 24.2 Å². The number of hydrogen-bond acceptors (Lipinski definition) is 6. The number of halogens is 1. The van der Waals surface area contributed by atoms with Gasteiger partial charge < -0.3 is 15.1 Å². The number of ketones is 1. The lowest BCUT2D eigenvalue weighted by molar-refractivity contribution is -0.149. The van der Waals surface area contributed by atoms with Gasteiger partial charge in [0.05, 0.1) is 6.61 Å². The molecule has 2 aliphatic heterocycles. The molecule has 1 aromatic carbocycles. The van der Waals surface area contributed by atoms with E-state index in [1.54, 1.807) is 4.90 Å². The van der Waals surface area contributed by atoms with Gasteiger partial charge >= 0.3 is 0 Å². The van der Waals surface area contributed by atoms with Crippen molar-refractivity contribution in [3.8, 4) is 0 Å². The Labute approximate surface area is 203 Å². The zero-order chi connectivity index (χ0) is 24.3.